The highest BCUT2D eigenvalue weighted by Gasteiger charge is 2.48. The van der Waals surface area contributed by atoms with Crippen LogP contribution in [-0.2, 0) is 16.2 Å². The summed E-state index contributed by atoms with van der Waals surface area (Å²) in [4.78, 5) is 27.8. The lowest BCUT2D eigenvalue weighted by molar-refractivity contribution is -0.132. The van der Waals surface area contributed by atoms with E-state index in [1.54, 1.807) is 61.5 Å². The summed E-state index contributed by atoms with van der Waals surface area (Å²) in [5.41, 5.74) is 2.91. The van der Waals surface area contributed by atoms with Crippen LogP contribution in [0.15, 0.2) is 94.9 Å². The fourth-order valence-corrected chi connectivity index (χ4v) is 4.51. The van der Waals surface area contributed by atoms with Crippen molar-refractivity contribution >= 4 is 23.1 Å². The molecular formula is C31H24N2O5. The van der Waals surface area contributed by atoms with Crippen molar-refractivity contribution in [1.29, 1.82) is 5.26 Å². The van der Waals surface area contributed by atoms with Gasteiger partial charge in [-0.05, 0) is 79.6 Å². The Hall–Kier alpha value is -5.09. The van der Waals surface area contributed by atoms with Gasteiger partial charge in [-0.2, -0.15) is 5.26 Å². The average molecular weight is 505 g/mol. The molecule has 188 valence electrons. The molecule has 0 spiro atoms. The number of Topliss-reactive ketones (excluding diaryl/α,β-unsaturated/α-hetero) is 1. The van der Waals surface area contributed by atoms with E-state index in [1.807, 2.05) is 43.3 Å². The monoisotopic (exact) mass is 504 g/mol. The zero-order valence-corrected chi connectivity index (χ0v) is 20.8. The van der Waals surface area contributed by atoms with Crippen LogP contribution >= 0.6 is 0 Å². The van der Waals surface area contributed by atoms with Crippen LogP contribution in [0, 0.1) is 25.2 Å². The molecule has 1 saturated heterocycles. The van der Waals surface area contributed by atoms with Crippen molar-refractivity contribution in [3.63, 3.8) is 0 Å². The van der Waals surface area contributed by atoms with E-state index in [0.717, 1.165) is 11.1 Å². The number of nitrogens with zero attached hydrogens (tertiary/aromatic N) is 2. The fraction of sp³-hybridized carbons (Fsp3) is 0.129. The van der Waals surface area contributed by atoms with E-state index >= 15 is 0 Å². The molecule has 0 radical (unpaired) electrons. The highest BCUT2D eigenvalue weighted by molar-refractivity contribution is 6.51. The Morgan fingerprint density at radius 3 is 2.37 bits per heavy atom. The van der Waals surface area contributed by atoms with Crippen molar-refractivity contribution in [2.75, 3.05) is 4.90 Å². The number of carbonyl (C=O) groups is 2. The Kier molecular flexibility index (Phi) is 6.55. The van der Waals surface area contributed by atoms with Gasteiger partial charge in [-0.1, -0.05) is 30.3 Å². The molecule has 1 unspecified atom stereocenters. The van der Waals surface area contributed by atoms with Gasteiger partial charge >= 0.3 is 0 Å². The quantitative estimate of drug-likeness (QED) is 0.197. The Morgan fingerprint density at radius 1 is 1.00 bits per heavy atom. The minimum absolute atomic E-state index is 0.0777. The SMILES string of the molecule is Cc1ccc(C2/C(=C(/O)c3ccc(OCc4ccccc4)c(C)c3)C(=O)C(=O)N2c2ccc(C#N)cc2)o1. The molecule has 0 bridgehead atoms. The largest absolute Gasteiger partial charge is 0.507 e. The van der Waals surface area contributed by atoms with Crippen molar-refractivity contribution in [2.45, 2.75) is 26.5 Å². The second-order valence-corrected chi connectivity index (χ2v) is 9.03. The summed E-state index contributed by atoms with van der Waals surface area (Å²) in [5, 5.41) is 20.5. The van der Waals surface area contributed by atoms with Gasteiger partial charge in [-0.3, -0.25) is 14.5 Å². The summed E-state index contributed by atoms with van der Waals surface area (Å²) in [6, 6.07) is 25.7. The van der Waals surface area contributed by atoms with Gasteiger partial charge in [-0.25, -0.2) is 0 Å². The molecule has 0 aliphatic carbocycles. The average Bonchev–Trinajstić information content (AvgIpc) is 3.48. The van der Waals surface area contributed by atoms with Gasteiger partial charge in [0.1, 0.15) is 35.7 Å². The van der Waals surface area contributed by atoms with Crippen molar-refractivity contribution in [3.8, 4) is 11.8 Å². The number of nitriles is 1. The Labute approximate surface area is 219 Å². The van der Waals surface area contributed by atoms with Crippen LogP contribution < -0.4 is 9.64 Å². The molecule has 4 aromatic rings. The zero-order valence-electron chi connectivity index (χ0n) is 20.8. The van der Waals surface area contributed by atoms with Crippen molar-refractivity contribution in [1.82, 2.24) is 0 Å². The minimum atomic E-state index is -0.981. The summed E-state index contributed by atoms with van der Waals surface area (Å²) in [6.45, 7) is 4.00. The van der Waals surface area contributed by atoms with Crippen LogP contribution in [0.1, 0.15) is 39.8 Å². The molecule has 1 aromatic heterocycles. The van der Waals surface area contributed by atoms with Gasteiger partial charge in [0.25, 0.3) is 11.7 Å². The molecule has 1 N–H and O–H groups in total. The predicted octanol–water partition coefficient (Wildman–Crippen LogP) is 5.97. The topological polar surface area (TPSA) is 104 Å². The van der Waals surface area contributed by atoms with Crippen LogP contribution in [-0.4, -0.2) is 16.8 Å². The van der Waals surface area contributed by atoms with E-state index in [2.05, 4.69) is 0 Å². The minimum Gasteiger partial charge on any atom is -0.507 e. The summed E-state index contributed by atoms with van der Waals surface area (Å²) in [5.74, 6) is -0.353. The lowest BCUT2D eigenvalue weighted by atomic mass is 9.98. The molecule has 3 aromatic carbocycles. The molecule has 1 aliphatic rings. The number of amides is 1. The molecule has 7 heteroatoms. The zero-order chi connectivity index (χ0) is 26.8. The maximum absolute atomic E-state index is 13.3. The third-order valence-corrected chi connectivity index (χ3v) is 6.44. The third kappa shape index (κ3) is 4.56. The van der Waals surface area contributed by atoms with E-state index < -0.39 is 17.7 Å². The van der Waals surface area contributed by atoms with E-state index in [-0.39, 0.29) is 11.3 Å². The van der Waals surface area contributed by atoms with Gasteiger partial charge in [0.15, 0.2) is 0 Å². The van der Waals surface area contributed by atoms with Crippen LogP contribution in [0.4, 0.5) is 5.69 Å². The van der Waals surface area contributed by atoms with Crippen molar-refractivity contribution in [3.05, 3.63) is 124 Å². The summed E-state index contributed by atoms with van der Waals surface area (Å²) >= 11 is 0. The number of aryl methyl sites for hydroxylation is 2. The van der Waals surface area contributed by atoms with E-state index in [0.29, 0.717) is 40.7 Å². The smallest absolute Gasteiger partial charge is 0.300 e. The molecule has 38 heavy (non-hydrogen) atoms. The van der Waals surface area contributed by atoms with Gasteiger partial charge in [0, 0.05) is 11.3 Å². The molecular weight excluding hydrogens is 480 g/mol. The second-order valence-electron chi connectivity index (χ2n) is 9.03. The molecule has 1 atom stereocenters. The Balaban J connectivity index is 1.54. The number of aliphatic hydroxyl groups is 1. The first-order valence-corrected chi connectivity index (χ1v) is 12.0. The van der Waals surface area contributed by atoms with Gasteiger partial charge in [0.2, 0.25) is 0 Å². The standard InChI is InChI=1S/C31H24N2O5/c1-19-16-23(11-15-25(19)37-18-22-6-4-3-5-7-22)29(34)27-28(26-14-8-20(2)38-26)33(31(36)30(27)35)24-12-9-21(17-32)10-13-24/h3-16,28,34H,18H2,1-2H3/b29-27-. The molecule has 5 rings (SSSR count). The lowest BCUT2D eigenvalue weighted by Crippen LogP contribution is -2.29. The van der Waals surface area contributed by atoms with Crippen LogP contribution in [0.5, 0.6) is 5.75 Å². The normalized spacial score (nSPS) is 16.4. The third-order valence-electron chi connectivity index (χ3n) is 6.44. The molecule has 0 saturated carbocycles. The number of ether oxygens (including phenoxy) is 1. The Morgan fingerprint density at radius 2 is 1.74 bits per heavy atom. The first kappa shape index (κ1) is 24.6. The molecule has 1 amide bonds. The molecule has 1 aliphatic heterocycles. The maximum atomic E-state index is 13.3. The number of rotatable bonds is 6. The number of carbonyl (C=O) groups excluding carboxylic acids is 2. The molecule has 2 heterocycles. The number of benzene rings is 3. The number of hydrogen-bond donors (Lipinski definition) is 1. The van der Waals surface area contributed by atoms with Crippen LogP contribution in [0.25, 0.3) is 5.76 Å². The van der Waals surface area contributed by atoms with Gasteiger partial charge < -0.3 is 14.3 Å². The highest BCUT2D eigenvalue weighted by atomic mass is 16.5. The summed E-state index contributed by atoms with van der Waals surface area (Å²) in [7, 11) is 0. The van der Waals surface area contributed by atoms with E-state index in [4.69, 9.17) is 14.4 Å². The fourth-order valence-electron chi connectivity index (χ4n) is 4.51. The first-order chi connectivity index (χ1) is 18.4. The summed E-state index contributed by atoms with van der Waals surface area (Å²) < 4.78 is 11.8. The maximum Gasteiger partial charge on any atom is 0.300 e. The van der Waals surface area contributed by atoms with E-state index in [9.17, 15) is 14.7 Å². The second kappa shape index (κ2) is 10.1. The number of ketones is 1. The van der Waals surface area contributed by atoms with Crippen LogP contribution in [0.3, 0.4) is 0 Å². The predicted molar refractivity (Wildman–Crippen MR) is 141 cm³/mol. The highest BCUT2D eigenvalue weighted by Crippen LogP contribution is 2.43. The number of hydrogen-bond acceptors (Lipinski definition) is 6. The van der Waals surface area contributed by atoms with Crippen molar-refractivity contribution < 1.29 is 23.8 Å². The number of anilines is 1. The summed E-state index contributed by atoms with van der Waals surface area (Å²) in [6.07, 6.45) is 0. The molecule has 1 fully saturated rings. The molecule has 7 nitrogen and oxygen atoms in total. The number of furan rings is 1. The van der Waals surface area contributed by atoms with Crippen molar-refractivity contribution in [2.24, 2.45) is 0 Å². The van der Waals surface area contributed by atoms with Gasteiger partial charge in [-0.15, -0.1) is 0 Å². The first-order valence-electron chi connectivity index (χ1n) is 12.0. The lowest BCUT2D eigenvalue weighted by Gasteiger charge is -2.23. The van der Waals surface area contributed by atoms with Gasteiger partial charge in [0.05, 0.1) is 17.2 Å². The van der Waals surface area contributed by atoms with E-state index in [1.165, 1.54) is 4.90 Å². The Bertz CT molecular complexity index is 1590. The number of aliphatic hydroxyl groups excluding tert-OH is 1. The van der Waals surface area contributed by atoms with Crippen LogP contribution in [0.2, 0.25) is 0 Å².